The lowest BCUT2D eigenvalue weighted by molar-refractivity contribution is -0.129. The maximum absolute atomic E-state index is 11.8. The second kappa shape index (κ2) is 7.50. The van der Waals surface area contributed by atoms with Gasteiger partial charge in [-0.2, -0.15) is 11.8 Å². The van der Waals surface area contributed by atoms with Crippen LogP contribution in [0.1, 0.15) is 28.8 Å². The van der Waals surface area contributed by atoms with Crippen LogP contribution in [-0.2, 0) is 11.2 Å². The van der Waals surface area contributed by atoms with E-state index in [4.69, 9.17) is 0 Å². The van der Waals surface area contributed by atoms with Crippen LogP contribution in [0.2, 0.25) is 0 Å². The van der Waals surface area contributed by atoms with Crippen LogP contribution in [0.15, 0.2) is 24.3 Å². The van der Waals surface area contributed by atoms with Crippen molar-refractivity contribution in [1.29, 1.82) is 0 Å². The third-order valence-electron chi connectivity index (χ3n) is 3.99. The van der Waals surface area contributed by atoms with E-state index in [0.29, 0.717) is 17.2 Å². The van der Waals surface area contributed by atoms with Crippen LogP contribution in [0.3, 0.4) is 0 Å². The molecule has 0 aliphatic carbocycles. The van der Waals surface area contributed by atoms with Crippen molar-refractivity contribution in [2.24, 2.45) is 5.92 Å². The number of carboxylic acid groups (broad SMARTS) is 1. The summed E-state index contributed by atoms with van der Waals surface area (Å²) in [6.45, 7) is 1.58. The van der Waals surface area contributed by atoms with Crippen molar-refractivity contribution in [3.63, 3.8) is 0 Å². The number of aromatic carboxylic acids is 1. The Balaban J connectivity index is 1.92. The van der Waals surface area contributed by atoms with E-state index in [9.17, 15) is 14.7 Å². The molecule has 4 nitrogen and oxygen atoms in total. The molecule has 2 rings (SSSR count). The zero-order valence-corrected chi connectivity index (χ0v) is 13.1. The Labute approximate surface area is 129 Å². The van der Waals surface area contributed by atoms with Crippen molar-refractivity contribution >= 4 is 23.6 Å². The predicted molar refractivity (Wildman–Crippen MR) is 84.8 cm³/mol. The zero-order chi connectivity index (χ0) is 15.2. The van der Waals surface area contributed by atoms with E-state index >= 15 is 0 Å². The van der Waals surface area contributed by atoms with Gasteiger partial charge in [0.1, 0.15) is 0 Å². The molecule has 0 spiro atoms. The molecule has 5 heteroatoms. The van der Waals surface area contributed by atoms with E-state index in [1.54, 1.807) is 23.9 Å². The molecule has 1 N–H and O–H groups in total. The Kier molecular flexibility index (Phi) is 5.67. The Hall–Kier alpha value is -1.49. The average molecular weight is 307 g/mol. The van der Waals surface area contributed by atoms with Gasteiger partial charge in [0.05, 0.1) is 11.3 Å². The molecule has 21 heavy (non-hydrogen) atoms. The lowest BCUT2D eigenvalue weighted by atomic mass is 9.88. The Bertz CT molecular complexity index is 510. The molecule has 0 saturated carbocycles. The van der Waals surface area contributed by atoms with Gasteiger partial charge in [0.15, 0.2) is 0 Å². The summed E-state index contributed by atoms with van der Waals surface area (Å²) in [5.41, 5.74) is 1.30. The quantitative estimate of drug-likeness (QED) is 0.908. The number of piperidine rings is 1. The highest BCUT2D eigenvalue weighted by molar-refractivity contribution is 7.99. The number of rotatable bonds is 5. The number of hydrogen-bond donors (Lipinski definition) is 1. The maximum Gasteiger partial charge on any atom is 0.335 e. The first-order valence-corrected chi connectivity index (χ1v) is 8.59. The minimum absolute atomic E-state index is 0.215. The Morgan fingerprint density at radius 3 is 2.57 bits per heavy atom. The average Bonchev–Trinajstić information content (AvgIpc) is 2.48. The fourth-order valence-electron chi connectivity index (χ4n) is 2.82. The summed E-state index contributed by atoms with van der Waals surface area (Å²) < 4.78 is 0. The van der Waals surface area contributed by atoms with Crippen molar-refractivity contribution in [2.45, 2.75) is 19.3 Å². The number of benzene rings is 1. The highest BCUT2D eigenvalue weighted by atomic mass is 32.2. The monoisotopic (exact) mass is 307 g/mol. The molecule has 1 aromatic rings. The molecule has 1 aliphatic rings. The summed E-state index contributed by atoms with van der Waals surface area (Å²) in [7, 11) is 0. The highest BCUT2D eigenvalue weighted by Crippen LogP contribution is 2.23. The van der Waals surface area contributed by atoms with Crippen LogP contribution in [0, 0.1) is 5.92 Å². The highest BCUT2D eigenvalue weighted by Gasteiger charge is 2.23. The van der Waals surface area contributed by atoms with Gasteiger partial charge in [-0.05, 0) is 43.1 Å². The van der Waals surface area contributed by atoms with Crippen LogP contribution in [0.25, 0.3) is 0 Å². The molecule has 1 aliphatic heterocycles. The van der Waals surface area contributed by atoms with Crippen molar-refractivity contribution < 1.29 is 14.7 Å². The third-order valence-corrected chi connectivity index (χ3v) is 4.53. The largest absolute Gasteiger partial charge is 0.478 e. The fourth-order valence-corrected chi connectivity index (χ4v) is 3.25. The van der Waals surface area contributed by atoms with Crippen LogP contribution in [-0.4, -0.2) is 47.0 Å². The van der Waals surface area contributed by atoms with E-state index in [2.05, 4.69) is 0 Å². The number of hydrogen-bond acceptors (Lipinski definition) is 3. The van der Waals surface area contributed by atoms with E-state index in [1.807, 2.05) is 23.3 Å². The Morgan fingerprint density at radius 2 is 1.95 bits per heavy atom. The molecule has 114 valence electrons. The smallest absolute Gasteiger partial charge is 0.335 e. The lowest BCUT2D eigenvalue weighted by Gasteiger charge is -2.32. The van der Waals surface area contributed by atoms with Crippen LogP contribution < -0.4 is 0 Å². The molecule has 1 heterocycles. The second-order valence-corrected chi connectivity index (χ2v) is 6.29. The van der Waals surface area contributed by atoms with Crippen molar-refractivity contribution in [3.05, 3.63) is 35.4 Å². The first-order chi connectivity index (χ1) is 10.1. The first kappa shape index (κ1) is 15.9. The van der Waals surface area contributed by atoms with Crippen molar-refractivity contribution in [2.75, 3.05) is 25.1 Å². The second-order valence-electron chi connectivity index (χ2n) is 5.42. The molecular formula is C16H21NO3S. The summed E-state index contributed by atoms with van der Waals surface area (Å²) in [6, 6.07) is 7.21. The standard InChI is InChI=1S/C16H21NO3S/c1-21-11-15(18)17-8-6-12(7-9-17)10-13-4-2-3-5-14(13)16(19)20/h2-5,12H,6-11H2,1H3,(H,19,20). The summed E-state index contributed by atoms with van der Waals surface area (Å²) in [6.07, 6.45) is 4.63. The van der Waals surface area contributed by atoms with E-state index in [1.165, 1.54) is 0 Å². The number of carbonyl (C=O) groups is 2. The molecule has 1 saturated heterocycles. The number of carbonyl (C=O) groups excluding carboxylic acids is 1. The summed E-state index contributed by atoms with van der Waals surface area (Å²) in [5.74, 6) is 0.362. The minimum atomic E-state index is -0.863. The van der Waals surface area contributed by atoms with Crippen LogP contribution >= 0.6 is 11.8 Å². The topological polar surface area (TPSA) is 57.6 Å². The van der Waals surface area contributed by atoms with Crippen molar-refractivity contribution in [1.82, 2.24) is 4.90 Å². The number of likely N-dealkylation sites (tertiary alicyclic amines) is 1. The van der Waals surface area contributed by atoms with E-state index < -0.39 is 5.97 Å². The summed E-state index contributed by atoms with van der Waals surface area (Å²) >= 11 is 1.56. The van der Waals surface area contributed by atoms with Crippen LogP contribution in [0.5, 0.6) is 0 Å². The minimum Gasteiger partial charge on any atom is -0.478 e. The molecule has 0 bridgehead atoms. The molecule has 1 aromatic carbocycles. The SMILES string of the molecule is CSCC(=O)N1CCC(Cc2ccccc2C(=O)O)CC1. The Morgan fingerprint density at radius 1 is 1.29 bits per heavy atom. The molecule has 0 radical (unpaired) electrons. The van der Waals surface area contributed by atoms with Gasteiger partial charge in [-0.25, -0.2) is 4.79 Å². The van der Waals surface area contributed by atoms with Crippen LogP contribution in [0.4, 0.5) is 0 Å². The molecule has 0 aromatic heterocycles. The fraction of sp³-hybridized carbons (Fsp3) is 0.500. The van der Waals surface area contributed by atoms with Gasteiger partial charge >= 0.3 is 5.97 Å². The first-order valence-electron chi connectivity index (χ1n) is 7.19. The van der Waals surface area contributed by atoms with E-state index in [-0.39, 0.29) is 5.91 Å². The number of amides is 1. The van der Waals surface area contributed by atoms with Gasteiger partial charge in [0.2, 0.25) is 5.91 Å². The molecule has 1 fully saturated rings. The van der Waals surface area contributed by atoms with Gasteiger partial charge in [-0.15, -0.1) is 0 Å². The van der Waals surface area contributed by atoms with Crippen molar-refractivity contribution in [3.8, 4) is 0 Å². The number of thioether (sulfide) groups is 1. The van der Waals surface area contributed by atoms with Gasteiger partial charge in [-0.3, -0.25) is 4.79 Å². The summed E-state index contributed by atoms with van der Waals surface area (Å²) in [5, 5.41) is 9.21. The molecular weight excluding hydrogens is 286 g/mol. The normalized spacial score (nSPS) is 16.0. The maximum atomic E-state index is 11.8. The zero-order valence-electron chi connectivity index (χ0n) is 12.2. The summed E-state index contributed by atoms with van der Waals surface area (Å²) in [4.78, 5) is 25.0. The molecule has 0 unspecified atom stereocenters. The lowest BCUT2D eigenvalue weighted by Crippen LogP contribution is -2.39. The van der Waals surface area contributed by atoms with Gasteiger partial charge in [-0.1, -0.05) is 18.2 Å². The van der Waals surface area contributed by atoms with E-state index in [0.717, 1.165) is 37.9 Å². The predicted octanol–water partition coefficient (Wildman–Crippen LogP) is 2.53. The van der Waals surface area contributed by atoms with Gasteiger partial charge in [0, 0.05) is 13.1 Å². The van der Waals surface area contributed by atoms with Gasteiger partial charge < -0.3 is 10.0 Å². The van der Waals surface area contributed by atoms with Gasteiger partial charge in [0.25, 0.3) is 0 Å². The number of nitrogens with zero attached hydrogens (tertiary/aromatic N) is 1. The molecule has 0 atom stereocenters. The third kappa shape index (κ3) is 4.24. The molecule has 1 amide bonds. The number of carboxylic acids is 1.